The highest BCUT2D eigenvalue weighted by atomic mass is 16.5. The van der Waals surface area contributed by atoms with Crippen molar-refractivity contribution in [1.82, 2.24) is 15.5 Å². The van der Waals surface area contributed by atoms with E-state index in [1.165, 1.54) is 32.4 Å². The number of rotatable bonds is 5. The molecule has 2 N–H and O–H groups in total. The molecule has 0 amide bonds. The fourth-order valence-electron chi connectivity index (χ4n) is 2.68. The van der Waals surface area contributed by atoms with Crippen LogP contribution in [0.5, 0.6) is 0 Å². The van der Waals surface area contributed by atoms with Gasteiger partial charge in [0.25, 0.3) is 0 Å². The average Bonchev–Trinajstić information content (AvgIpc) is 2.38. The van der Waals surface area contributed by atoms with Crippen LogP contribution >= 0.6 is 0 Å². The first-order valence-electron chi connectivity index (χ1n) is 7.05. The van der Waals surface area contributed by atoms with Crippen molar-refractivity contribution in [2.45, 2.75) is 25.3 Å². The second-order valence-corrected chi connectivity index (χ2v) is 5.47. The third-order valence-electron chi connectivity index (χ3n) is 3.96. The quantitative estimate of drug-likeness (QED) is 0.679. The predicted octanol–water partition coefficient (Wildman–Crippen LogP) is 0.296. The summed E-state index contributed by atoms with van der Waals surface area (Å²) < 4.78 is 5.43. The molecular weight excluding hydrogens is 214 g/mol. The zero-order valence-corrected chi connectivity index (χ0v) is 11.1. The third kappa shape index (κ3) is 4.92. The zero-order chi connectivity index (χ0) is 11.9. The lowest BCUT2D eigenvalue weighted by molar-refractivity contribution is 0.0765. The largest absolute Gasteiger partial charge is 0.378 e. The Labute approximate surface area is 105 Å². The van der Waals surface area contributed by atoms with E-state index in [0.717, 1.165) is 38.8 Å². The molecule has 0 bridgehead atoms. The van der Waals surface area contributed by atoms with E-state index in [9.17, 15) is 0 Å². The standard InChI is InChI=1S/C13H27N3O/c1-16-7-3-12(4-8-16)2-5-14-10-13-11-17-9-6-15-13/h12-15H,2-11H2,1H3. The van der Waals surface area contributed by atoms with E-state index in [1.54, 1.807) is 0 Å². The van der Waals surface area contributed by atoms with Crippen LogP contribution in [-0.4, -0.2) is 63.9 Å². The topological polar surface area (TPSA) is 36.5 Å². The van der Waals surface area contributed by atoms with Crippen molar-refractivity contribution in [3.8, 4) is 0 Å². The van der Waals surface area contributed by atoms with Crippen LogP contribution in [0.25, 0.3) is 0 Å². The smallest absolute Gasteiger partial charge is 0.0632 e. The molecule has 2 aliphatic rings. The Morgan fingerprint density at radius 1 is 1.35 bits per heavy atom. The average molecular weight is 241 g/mol. The van der Waals surface area contributed by atoms with Crippen molar-refractivity contribution in [1.29, 1.82) is 0 Å². The minimum atomic E-state index is 0.515. The second-order valence-electron chi connectivity index (χ2n) is 5.47. The maximum absolute atomic E-state index is 5.43. The van der Waals surface area contributed by atoms with Gasteiger partial charge in [-0.1, -0.05) is 0 Å². The molecule has 0 aromatic rings. The van der Waals surface area contributed by atoms with Crippen molar-refractivity contribution in [2.24, 2.45) is 5.92 Å². The molecular formula is C13H27N3O. The molecule has 1 atom stereocenters. The molecule has 2 heterocycles. The molecule has 0 saturated carbocycles. The summed E-state index contributed by atoms with van der Waals surface area (Å²) in [4.78, 5) is 2.44. The number of morpholine rings is 1. The molecule has 0 radical (unpaired) electrons. The molecule has 2 aliphatic heterocycles. The number of hydrogen-bond acceptors (Lipinski definition) is 4. The summed E-state index contributed by atoms with van der Waals surface area (Å²) in [5.41, 5.74) is 0. The summed E-state index contributed by atoms with van der Waals surface area (Å²) in [5, 5.41) is 7.03. The van der Waals surface area contributed by atoms with Crippen LogP contribution in [0.2, 0.25) is 0 Å². The highest BCUT2D eigenvalue weighted by Crippen LogP contribution is 2.18. The van der Waals surface area contributed by atoms with Gasteiger partial charge in [-0.2, -0.15) is 0 Å². The summed E-state index contributed by atoms with van der Waals surface area (Å²) in [6.07, 6.45) is 4.09. The SMILES string of the molecule is CN1CCC(CCNCC2COCCN2)CC1. The van der Waals surface area contributed by atoms with Crippen LogP contribution in [-0.2, 0) is 4.74 Å². The zero-order valence-electron chi connectivity index (χ0n) is 11.1. The van der Waals surface area contributed by atoms with Gasteiger partial charge in [0.15, 0.2) is 0 Å². The highest BCUT2D eigenvalue weighted by Gasteiger charge is 2.16. The maximum atomic E-state index is 5.43. The fraction of sp³-hybridized carbons (Fsp3) is 1.00. The molecule has 100 valence electrons. The highest BCUT2D eigenvalue weighted by molar-refractivity contribution is 4.74. The van der Waals surface area contributed by atoms with Gasteiger partial charge >= 0.3 is 0 Å². The second kappa shape index (κ2) is 7.31. The van der Waals surface area contributed by atoms with E-state index in [2.05, 4.69) is 22.6 Å². The van der Waals surface area contributed by atoms with Gasteiger partial charge in [0.1, 0.15) is 0 Å². The Hall–Kier alpha value is -0.160. The first kappa shape index (κ1) is 13.3. The monoisotopic (exact) mass is 241 g/mol. The van der Waals surface area contributed by atoms with Crippen LogP contribution in [0.3, 0.4) is 0 Å². The van der Waals surface area contributed by atoms with Crippen LogP contribution in [0, 0.1) is 5.92 Å². The van der Waals surface area contributed by atoms with Gasteiger partial charge in [-0.25, -0.2) is 0 Å². The molecule has 0 spiro atoms. The van der Waals surface area contributed by atoms with Crippen molar-refractivity contribution in [2.75, 3.05) is 53.0 Å². The summed E-state index contributed by atoms with van der Waals surface area (Å²) in [6.45, 7) is 7.50. The third-order valence-corrected chi connectivity index (χ3v) is 3.96. The van der Waals surface area contributed by atoms with Crippen molar-refractivity contribution in [3.63, 3.8) is 0 Å². The van der Waals surface area contributed by atoms with Gasteiger partial charge in [0, 0.05) is 19.1 Å². The van der Waals surface area contributed by atoms with Crippen molar-refractivity contribution in [3.05, 3.63) is 0 Å². The van der Waals surface area contributed by atoms with E-state index >= 15 is 0 Å². The van der Waals surface area contributed by atoms with E-state index < -0.39 is 0 Å². The van der Waals surface area contributed by atoms with Gasteiger partial charge < -0.3 is 20.3 Å². The lowest BCUT2D eigenvalue weighted by Crippen LogP contribution is -2.47. The fourth-order valence-corrected chi connectivity index (χ4v) is 2.68. The Kier molecular flexibility index (Phi) is 5.71. The Balaban J connectivity index is 1.48. The number of ether oxygens (including phenoxy) is 1. The molecule has 0 aromatic carbocycles. The molecule has 2 saturated heterocycles. The van der Waals surface area contributed by atoms with Crippen molar-refractivity contribution < 1.29 is 4.74 Å². The normalized spacial score (nSPS) is 28.4. The van der Waals surface area contributed by atoms with Gasteiger partial charge in [-0.05, 0) is 51.9 Å². The number of likely N-dealkylation sites (tertiary alicyclic amines) is 1. The van der Waals surface area contributed by atoms with E-state index in [0.29, 0.717) is 6.04 Å². The summed E-state index contributed by atoms with van der Waals surface area (Å²) in [5.74, 6) is 0.939. The van der Waals surface area contributed by atoms with Crippen LogP contribution in [0.15, 0.2) is 0 Å². The lowest BCUT2D eigenvalue weighted by Gasteiger charge is -2.29. The van der Waals surface area contributed by atoms with Gasteiger partial charge in [0.05, 0.1) is 13.2 Å². The lowest BCUT2D eigenvalue weighted by atomic mass is 9.94. The van der Waals surface area contributed by atoms with Crippen LogP contribution in [0.4, 0.5) is 0 Å². The summed E-state index contributed by atoms with van der Waals surface area (Å²) in [6, 6.07) is 0.515. The molecule has 4 nitrogen and oxygen atoms in total. The number of nitrogens with zero attached hydrogens (tertiary/aromatic N) is 1. The van der Waals surface area contributed by atoms with E-state index in [-0.39, 0.29) is 0 Å². The van der Waals surface area contributed by atoms with Crippen molar-refractivity contribution >= 4 is 0 Å². The van der Waals surface area contributed by atoms with Gasteiger partial charge in [-0.15, -0.1) is 0 Å². The number of piperidine rings is 1. The van der Waals surface area contributed by atoms with Crippen LogP contribution in [0.1, 0.15) is 19.3 Å². The molecule has 2 fully saturated rings. The maximum Gasteiger partial charge on any atom is 0.0632 e. The molecule has 2 rings (SSSR count). The Morgan fingerprint density at radius 2 is 2.18 bits per heavy atom. The van der Waals surface area contributed by atoms with Gasteiger partial charge in [-0.3, -0.25) is 0 Å². The molecule has 0 aromatic heterocycles. The molecule has 4 heteroatoms. The van der Waals surface area contributed by atoms with Gasteiger partial charge in [0.2, 0.25) is 0 Å². The van der Waals surface area contributed by atoms with E-state index in [1.807, 2.05) is 0 Å². The predicted molar refractivity (Wildman–Crippen MR) is 70.3 cm³/mol. The number of hydrogen-bond donors (Lipinski definition) is 2. The molecule has 1 unspecified atom stereocenters. The molecule has 17 heavy (non-hydrogen) atoms. The number of nitrogens with one attached hydrogen (secondary N) is 2. The van der Waals surface area contributed by atoms with E-state index in [4.69, 9.17) is 4.74 Å². The minimum absolute atomic E-state index is 0.515. The van der Waals surface area contributed by atoms with Crippen LogP contribution < -0.4 is 10.6 Å². The molecule has 0 aliphatic carbocycles. The first-order valence-corrected chi connectivity index (χ1v) is 7.05. The Bertz CT molecular complexity index is 199. The minimum Gasteiger partial charge on any atom is -0.378 e. The first-order chi connectivity index (χ1) is 8.34. The summed E-state index contributed by atoms with van der Waals surface area (Å²) >= 11 is 0. The summed E-state index contributed by atoms with van der Waals surface area (Å²) in [7, 11) is 2.23. The Morgan fingerprint density at radius 3 is 2.88 bits per heavy atom.